The second-order valence-electron chi connectivity index (χ2n) is 4.02. The van der Waals surface area contributed by atoms with Gasteiger partial charge < -0.3 is 19.5 Å². The Balaban J connectivity index is 2.06. The minimum absolute atomic E-state index is 0.0325. The van der Waals surface area contributed by atoms with Crippen molar-refractivity contribution in [3.63, 3.8) is 0 Å². The van der Waals surface area contributed by atoms with E-state index in [2.05, 4.69) is 11.4 Å². The van der Waals surface area contributed by atoms with Gasteiger partial charge in [0.2, 0.25) is 0 Å². The first kappa shape index (κ1) is 12.4. The molecule has 2 rings (SSSR count). The van der Waals surface area contributed by atoms with E-state index >= 15 is 0 Å². The quantitative estimate of drug-likeness (QED) is 0.785. The molecule has 94 valence electrons. The fourth-order valence-corrected chi connectivity index (χ4v) is 2.11. The van der Waals surface area contributed by atoms with Crippen LogP contribution in [0.4, 0.5) is 0 Å². The first-order chi connectivity index (χ1) is 8.36. The van der Waals surface area contributed by atoms with Crippen molar-refractivity contribution in [2.45, 2.75) is 12.1 Å². The zero-order valence-corrected chi connectivity index (χ0v) is 10.3. The van der Waals surface area contributed by atoms with E-state index in [0.29, 0.717) is 19.8 Å². The molecule has 0 saturated carbocycles. The van der Waals surface area contributed by atoms with Crippen molar-refractivity contribution in [3.8, 4) is 5.75 Å². The molecule has 4 nitrogen and oxygen atoms in total. The van der Waals surface area contributed by atoms with Gasteiger partial charge in [-0.3, -0.25) is 0 Å². The Hall–Kier alpha value is -1.10. The average molecular weight is 237 g/mol. The number of fused-ring (bicyclic) bond motifs is 1. The second kappa shape index (κ2) is 6.00. The molecular formula is C13H19NO3. The molecule has 0 spiro atoms. The molecular weight excluding hydrogens is 218 g/mol. The van der Waals surface area contributed by atoms with Crippen LogP contribution in [-0.4, -0.2) is 40.1 Å². The molecule has 1 heterocycles. The van der Waals surface area contributed by atoms with Gasteiger partial charge in [0.1, 0.15) is 18.5 Å². The van der Waals surface area contributed by atoms with Crippen LogP contribution < -0.4 is 10.1 Å². The van der Waals surface area contributed by atoms with Crippen LogP contribution in [0.3, 0.4) is 0 Å². The van der Waals surface area contributed by atoms with Gasteiger partial charge in [-0.15, -0.1) is 0 Å². The molecule has 1 N–H and O–H groups in total. The van der Waals surface area contributed by atoms with Crippen LogP contribution in [0.2, 0.25) is 0 Å². The van der Waals surface area contributed by atoms with Crippen molar-refractivity contribution in [3.05, 3.63) is 29.8 Å². The average Bonchev–Trinajstić information content (AvgIpc) is 2.38. The number of para-hydroxylation sites is 1. The van der Waals surface area contributed by atoms with E-state index in [4.69, 9.17) is 14.2 Å². The third kappa shape index (κ3) is 2.77. The smallest absolute Gasteiger partial charge is 0.124 e. The lowest BCUT2D eigenvalue weighted by Crippen LogP contribution is -2.40. The lowest BCUT2D eigenvalue weighted by molar-refractivity contribution is -0.0324. The van der Waals surface area contributed by atoms with Crippen molar-refractivity contribution in [2.75, 3.05) is 34.0 Å². The summed E-state index contributed by atoms with van der Waals surface area (Å²) in [5.74, 6) is 0.943. The van der Waals surface area contributed by atoms with Crippen LogP contribution in [0, 0.1) is 0 Å². The number of hydrogen-bond acceptors (Lipinski definition) is 4. The van der Waals surface area contributed by atoms with E-state index in [-0.39, 0.29) is 12.1 Å². The normalized spacial score (nSPS) is 22.9. The Morgan fingerprint density at radius 1 is 1.35 bits per heavy atom. The molecule has 0 fully saturated rings. The largest absolute Gasteiger partial charge is 0.490 e. The molecule has 1 aliphatic rings. The fourth-order valence-electron chi connectivity index (χ4n) is 2.11. The fraction of sp³-hybridized carbons (Fsp3) is 0.538. The van der Waals surface area contributed by atoms with Crippen LogP contribution >= 0.6 is 0 Å². The third-order valence-corrected chi connectivity index (χ3v) is 2.96. The highest BCUT2D eigenvalue weighted by molar-refractivity contribution is 5.38. The molecule has 1 aliphatic heterocycles. The standard InChI is InChI=1S/C13H19NO3/c1-14-13-10-5-3-4-6-11(10)17-9-12(13)16-8-7-15-2/h3-6,12-14H,7-9H2,1-2H3. The maximum Gasteiger partial charge on any atom is 0.124 e. The first-order valence-electron chi connectivity index (χ1n) is 5.86. The Kier molecular flexibility index (Phi) is 4.36. The number of methoxy groups -OCH3 is 1. The van der Waals surface area contributed by atoms with Crippen LogP contribution in [0.15, 0.2) is 24.3 Å². The minimum Gasteiger partial charge on any atom is -0.490 e. The molecule has 0 radical (unpaired) electrons. The van der Waals surface area contributed by atoms with Crippen LogP contribution in [0.5, 0.6) is 5.75 Å². The van der Waals surface area contributed by atoms with E-state index in [1.807, 2.05) is 25.2 Å². The molecule has 1 aromatic rings. The summed E-state index contributed by atoms with van der Waals surface area (Å²) in [5, 5.41) is 3.29. The van der Waals surface area contributed by atoms with Crippen LogP contribution in [-0.2, 0) is 9.47 Å². The number of rotatable bonds is 5. The van der Waals surface area contributed by atoms with E-state index in [0.717, 1.165) is 11.3 Å². The number of likely N-dealkylation sites (N-methyl/N-ethyl adjacent to an activating group) is 1. The molecule has 1 aromatic carbocycles. The van der Waals surface area contributed by atoms with Crippen molar-refractivity contribution < 1.29 is 14.2 Å². The van der Waals surface area contributed by atoms with Gasteiger partial charge in [0, 0.05) is 12.7 Å². The molecule has 0 saturated heterocycles. The number of hydrogen-bond donors (Lipinski definition) is 1. The van der Waals surface area contributed by atoms with Gasteiger partial charge in [0.15, 0.2) is 0 Å². The monoisotopic (exact) mass is 237 g/mol. The Bertz CT molecular complexity index is 356. The highest BCUT2D eigenvalue weighted by Gasteiger charge is 2.30. The summed E-state index contributed by atoms with van der Waals surface area (Å²) in [6, 6.07) is 8.24. The van der Waals surface area contributed by atoms with Crippen LogP contribution in [0.25, 0.3) is 0 Å². The lowest BCUT2D eigenvalue weighted by atomic mass is 9.98. The Labute approximate surface area is 102 Å². The molecule has 0 aromatic heterocycles. The van der Waals surface area contributed by atoms with E-state index in [1.54, 1.807) is 7.11 Å². The zero-order chi connectivity index (χ0) is 12.1. The maximum absolute atomic E-state index is 5.77. The second-order valence-corrected chi connectivity index (χ2v) is 4.02. The molecule has 0 amide bonds. The summed E-state index contributed by atoms with van der Waals surface area (Å²) in [4.78, 5) is 0. The molecule has 2 atom stereocenters. The molecule has 17 heavy (non-hydrogen) atoms. The van der Waals surface area contributed by atoms with Gasteiger partial charge >= 0.3 is 0 Å². The summed E-state index contributed by atoms with van der Waals surface area (Å²) >= 11 is 0. The minimum atomic E-state index is 0.0325. The molecule has 2 unspecified atom stereocenters. The Morgan fingerprint density at radius 2 is 2.18 bits per heavy atom. The highest BCUT2D eigenvalue weighted by Crippen LogP contribution is 2.32. The predicted molar refractivity (Wildman–Crippen MR) is 65.4 cm³/mol. The lowest BCUT2D eigenvalue weighted by Gasteiger charge is -2.33. The van der Waals surface area contributed by atoms with Crippen LogP contribution in [0.1, 0.15) is 11.6 Å². The first-order valence-corrected chi connectivity index (χ1v) is 5.86. The van der Waals surface area contributed by atoms with Gasteiger partial charge in [0.25, 0.3) is 0 Å². The van der Waals surface area contributed by atoms with Crippen molar-refractivity contribution in [2.24, 2.45) is 0 Å². The SMILES string of the molecule is CNC1c2ccccc2OCC1OCCOC. The predicted octanol–water partition coefficient (Wildman–Crippen LogP) is 1.37. The Morgan fingerprint density at radius 3 is 2.94 bits per heavy atom. The van der Waals surface area contributed by atoms with Gasteiger partial charge in [0.05, 0.1) is 19.3 Å². The van der Waals surface area contributed by atoms with Crippen molar-refractivity contribution in [1.29, 1.82) is 0 Å². The number of nitrogens with one attached hydrogen (secondary N) is 1. The summed E-state index contributed by atoms with van der Waals surface area (Å²) < 4.78 is 16.4. The molecule has 0 aliphatic carbocycles. The van der Waals surface area contributed by atoms with Gasteiger partial charge in [-0.2, -0.15) is 0 Å². The van der Waals surface area contributed by atoms with Gasteiger partial charge in [-0.1, -0.05) is 18.2 Å². The van der Waals surface area contributed by atoms with Crippen molar-refractivity contribution in [1.82, 2.24) is 5.32 Å². The van der Waals surface area contributed by atoms with E-state index in [1.165, 1.54) is 0 Å². The summed E-state index contributed by atoms with van der Waals surface area (Å²) in [6.07, 6.45) is 0.0325. The highest BCUT2D eigenvalue weighted by atomic mass is 16.6. The van der Waals surface area contributed by atoms with Crippen molar-refractivity contribution >= 4 is 0 Å². The molecule has 0 bridgehead atoms. The van der Waals surface area contributed by atoms with Gasteiger partial charge in [-0.25, -0.2) is 0 Å². The summed E-state index contributed by atoms with van der Waals surface area (Å²) in [7, 11) is 3.62. The van der Waals surface area contributed by atoms with E-state index < -0.39 is 0 Å². The van der Waals surface area contributed by atoms with E-state index in [9.17, 15) is 0 Å². The summed E-state index contributed by atoms with van der Waals surface area (Å²) in [5.41, 5.74) is 1.16. The topological polar surface area (TPSA) is 39.7 Å². The molecule has 4 heteroatoms. The maximum atomic E-state index is 5.77. The third-order valence-electron chi connectivity index (χ3n) is 2.96. The number of benzene rings is 1. The van der Waals surface area contributed by atoms with Gasteiger partial charge in [-0.05, 0) is 13.1 Å². The number of ether oxygens (including phenoxy) is 3. The zero-order valence-electron chi connectivity index (χ0n) is 10.3. The summed E-state index contributed by atoms with van der Waals surface area (Å²) in [6.45, 7) is 1.77.